The summed E-state index contributed by atoms with van der Waals surface area (Å²) in [5.74, 6) is -0.912. The predicted molar refractivity (Wildman–Crippen MR) is 99.8 cm³/mol. The van der Waals surface area contributed by atoms with Gasteiger partial charge in [-0.3, -0.25) is 4.79 Å². The van der Waals surface area contributed by atoms with Crippen LogP contribution >= 0.6 is 0 Å². The summed E-state index contributed by atoms with van der Waals surface area (Å²) in [4.78, 5) is 11.4. The van der Waals surface area contributed by atoms with E-state index in [4.69, 9.17) is 18.6 Å². The Labute approximate surface area is 153 Å². The lowest BCUT2D eigenvalue weighted by Gasteiger charge is -2.54. The Hall–Kier alpha value is -0.433. The van der Waals surface area contributed by atoms with Crippen molar-refractivity contribution >= 4 is 14.3 Å². The van der Waals surface area contributed by atoms with Crippen LogP contribution in [0, 0.1) is 11.8 Å². The number of hydrogen-bond donors (Lipinski definition) is 0. The zero-order valence-corrected chi connectivity index (χ0v) is 18.2. The summed E-state index contributed by atoms with van der Waals surface area (Å²) < 4.78 is 24.6. The monoisotopic (exact) mass is 372 g/mol. The van der Waals surface area contributed by atoms with E-state index in [0.29, 0.717) is 19.6 Å². The maximum absolute atomic E-state index is 11.4. The molecule has 0 aliphatic carbocycles. The van der Waals surface area contributed by atoms with Crippen molar-refractivity contribution in [1.82, 2.24) is 0 Å². The Bertz CT molecular complexity index is 483. The lowest BCUT2D eigenvalue weighted by Crippen LogP contribution is -2.63. The van der Waals surface area contributed by atoms with Crippen LogP contribution in [0.3, 0.4) is 0 Å². The third-order valence-electron chi connectivity index (χ3n) is 6.41. The summed E-state index contributed by atoms with van der Waals surface area (Å²) in [7, 11) is -1.88. The molecular formula is C19H36O5Si. The number of carbonyl (C=O) groups excluding carboxylic acids is 1. The summed E-state index contributed by atoms with van der Waals surface area (Å²) in [6.07, 6.45) is 1.53. The van der Waals surface area contributed by atoms with E-state index in [1.54, 1.807) is 0 Å². The molecule has 0 aromatic rings. The van der Waals surface area contributed by atoms with E-state index in [-0.39, 0.29) is 35.1 Å². The highest BCUT2D eigenvalue weighted by Gasteiger charge is 2.56. The van der Waals surface area contributed by atoms with Crippen LogP contribution in [0.2, 0.25) is 18.1 Å². The molecule has 6 heteroatoms. The van der Waals surface area contributed by atoms with Crippen LogP contribution in [0.1, 0.15) is 54.4 Å². The fourth-order valence-corrected chi connectivity index (χ4v) is 5.19. The molecule has 2 saturated heterocycles. The summed E-state index contributed by atoms with van der Waals surface area (Å²) >= 11 is 0. The quantitative estimate of drug-likeness (QED) is 0.551. The zero-order valence-electron chi connectivity index (χ0n) is 17.2. The molecule has 25 heavy (non-hydrogen) atoms. The molecule has 0 bridgehead atoms. The van der Waals surface area contributed by atoms with Gasteiger partial charge in [0.1, 0.15) is 6.10 Å². The summed E-state index contributed by atoms with van der Waals surface area (Å²) in [5.41, 5.74) is 0. The number of ether oxygens (including phenoxy) is 3. The maximum Gasteiger partial charge on any atom is 0.302 e. The van der Waals surface area contributed by atoms with Crippen LogP contribution in [0.25, 0.3) is 0 Å². The molecule has 0 radical (unpaired) electrons. The van der Waals surface area contributed by atoms with Gasteiger partial charge in [-0.25, -0.2) is 0 Å². The molecular weight excluding hydrogens is 336 g/mol. The highest BCUT2D eigenvalue weighted by molar-refractivity contribution is 6.74. The van der Waals surface area contributed by atoms with Gasteiger partial charge in [0.25, 0.3) is 0 Å². The van der Waals surface area contributed by atoms with Gasteiger partial charge in [0, 0.05) is 25.2 Å². The Balaban J connectivity index is 2.20. The SMILES string of the molecule is CC(=O)O[C@@H]1CCO[C@@]2(OCC[C@@H](O[Si](C)(C)C(C)(C)C)[C@@H]2C)[C@@H]1C. The predicted octanol–water partition coefficient (Wildman–Crippen LogP) is 4.12. The first-order valence-corrected chi connectivity index (χ1v) is 12.4. The van der Waals surface area contributed by atoms with Gasteiger partial charge >= 0.3 is 5.97 Å². The van der Waals surface area contributed by atoms with Crippen molar-refractivity contribution in [3.8, 4) is 0 Å². The Kier molecular flexibility index (Phi) is 6.09. The molecule has 5 atom stereocenters. The van der Waals surface area contributed by atoms with Crippen molar-refractivity contribution in [2.75, 3.05) is 13.2 Å². The van der Waals surface area contributed by atoms with Gasteiger partial charge in [0.15, 0.2) is 14.1 Å². The van der Waals surface area contributed by atoms with Crippen molar-refractivity contribution in [1.29, 1.82) is 0 Å². The minimum atomic E-state index is -1.88. The Morgan fingerprint density at radius 2 is 1.52 bits per heavy atom. The number of hydrogen-bond acceptors (Lipinski definition) is 5. The number of esters is 1. The van der Waals surface area contributed by atoms with Crippen LogP contribution in [0.15, 0.2) is 0 Å². The number of carbonyl (C=O) groups is 1. The van der Waals surface area contributed by atoms with Gasteiger partial charge in [-0.15, -0.1) is 0 Å². The van der Waals surface area contributed by atoms with Crippen molar-refractivity contribution < 1.29 is 23.4 Å². The van der Waals surface area contributed by atoms with Gasteiger partial charge in [0.2, 0.25) is 0 Å². The molecule has 2 fully saturated rings. The molecule has 1 spiro atoms. The lowest BCUT2D eigenvalue weighted by atomic mass is 9.77. The van der Waals surface area contributed by atoms with E-state index < -0.39 is 14.1 Å². The summed E-state index contributed by atoms with van der Waals surface area (Å²) in [5, 5.41) is 0.164. The smallest absolute Gasteiger partial charge is 0.302 e. The largest absolute Gasteiger partial charge is 0.462 e. The van der Waals surface area contributed by atoms with Gasteiger partial charge < -0.3 is 18.6 Å². The molecule has 0 aromatic heterocycles. The third kappa shape index (κ3) is 4.12. The first kappa shape index (κ1) is 20.9. The van der Waals surface area contributed by atoms with E-state index in [0.717, 1.165) is 6.42 Å². The van der Waals surface area contributed by atoms with Crippen molar-refractivity contribution in [2.24, 2.45) is 11.8 Å². The lowest BCUT2D eigenvalue weighted by molar-refractivity contribution is -0.349. The molecule has 0 amide bonds. The van der Waals surface area contributed by atoms with Crippen LogP contribution in [-0.4, -0.2) is 45.5 Å². The topological polar surface area (TPSA) is 54.0 Å². The van der Waals surface area contributed by atoms with Crippen molar-refractivity contribution in [3.63, 3.8) is 0 Å². The second kappa shape index (κ2) is 7.29. The first-order chi connectivity index (χ1) is 11.4. The van der Waals surface area contributed by atoms with Gasteiger partial charge in [-0.05, 0) is 24.6 Å². The van der Waals surface area contributed by atoms with E-state index >= 15 is 0 Å². The molecule has 0 N–H and O–H groups in total. The van der Waals surface area contributed by atoms with E-state index in [9.17, 15) is 4.79 Å². The normalized spacial score (nSPS) is 37.1. The molecule has 2 aliphatic rings. The average Bonchev–Trinajstić information content (AvgIpc) is 2.46. The van der Waals surface area contributed by atoms with Crippen LogP contribution in [0.5, 0.6) is 0 Å². The fourth-order valence-electron chi connectivity index (χ4n) is 3.76. The molecule has 2 heterocycles. The second-order valence-electron chi connectivity index (χ2n) is 9.14. The third-order valence-corrected chi connectivity index (χ3v) is 10.9. The molecule has 146 valence electrons. The Morgan fingerprint density at radius 3 is 2.00 bits per heavy atom. The van der Waals surface area contributed by atoms with Crippen molar-refractivity contribution in [2.45, 2.75) is 90.5 Å². The van der Waals surface area contributed by atoms with Gasteiger partial charge in [0.05, 0.1) is 19.3 Å². The zero-order chi connectivity index (χ0) is 19.0. The standard InChI is InChI=1S/C19H36O5Si/c1-13-16(23-15(3)20)9-11-21-19(13)14(2)17(10-12-22-19)24-25(7,8)18(4,5)6/h13-14,16-17H,9-12H2,1-8H3/t13-,14+,16-,17-,19-/m1/s1. The van der Waals surface area contributed by atoms with E-state index in [1.807, 2.05) is 0 Å². The highest BCUT2D eigenvalue weighted by atomic mass is 28.4. The summed E-state index contributed by atoms with van der Waals surface area (Å²) in [6, 6.07) is 0. The summed E-state index contributed by atoms with van der Waals surface area (Å²) in [6.45, 7) is 18.2. The fraction of sp³-hybridized carbons (Fsp3) is 0.947. The van der Waals surface area contributed by atoms with Crippen molar-refractivity contribution in [3.05, 3.63) is 0 Å². The Morgan fingerprint density at radius 1 is 1.04 bits per heavy atom. The molecule has 0 saturated carbocycles. The minimum Gasteiger partial charge on any atom is -0.462 e. The molecule has 2 rings (SSSR count). The average molecular weight is 373 g/mol. The second-order valence-corrected chi connectivity index (χ2v) is 13.9. The van der Waals surface area contributed by atoms with E-state index in [2.05, 4.69) is 47.7 Å². The van der Waals surface area contributed by atoms with Gasteiger partial charge in [-0.1, -0.05) is 34.6 Å². The van der Waals surface area contributed by atoms with E-state index in [1.165, 1.54) is 6.92 Å². The minimum absolute atomic E-state index is 0.0223. The van der Waals surface area contributed by atoms with Crippen LogP contribution in [0.4, 0.5) is 0 Å². The highest BCUT2D eigenvalue weighted by Crippen LogP contribution is 2.47. The molecule has 5 nitrogen and oxygen atoms in total. The number of rotatable bonds is 3. The first-order valence-electron chi connectivity index (χ1n) is 9.53. The van der Waals surface area contributed by atoms with Crippen LogP contribution < -0.4 is 0 Å². The van der Waals surface area contributed by atoms with Gasteiger partial charge in [-0.2, -0.15) is 0 Å². The molecule has 0 unspecified atom stereocenters. The van der Waals surface area contributed by atoms with Crippen LogP contribution in [-0.2, 0) is 23.4 Å². The maximum atomic E-state index is 11.4. The molecule has 2 aliphatic heterocycles. The molecule has 0 aromatic carbocycles.